The number of para-hydroxylation sites is 2. The number of hydrogen-bond acceptors (Lipinski definition) is 3. The molecule has 24 heavy (non-hydrogen) atoms. The van der Waals surface area contributed by atoms with Crippen LogP contribution in [0.25, 0.3) is 11.0 Å². The lowest BCUT2D eigenvalue weighted by Crippen LogP contribution is -2.35. The van der Waals surface area contributed by atoms with Crippen molar-refractivity contribution in [2.45, 2.75) is 25.9 Å². The van der Waals surface area contributed by atoms with Crippen LogP contribution in [0.4, 0.5) is 0 Å². The van der Waals surface area contributed by atoms with Gasteiger partial charge in [0, 0.05) is 19.5 Å². The quantitative estimate of drug-likeness (QED) is 0.732. The molecule has 124 valence electrons. The van der Waals surface area contributed by atoms with Gasteiger partial charge in [-0.1, -0.05) is 42.5 Å². The fourth-order valence-electron chi connectivity index (χ4n) is 2.89. The third kappa shape index (κ3) is 3.31. The van der Waals surface area contributed by atoms with E-state index < -0.39 is 6.04 Å². The molecule has 0 saturated heterocycles. The highest BCUT2D eigenvalue weighted by molar-refractivity contribution is 5.82. The molecule has 3 N–H and O–H groups in total. The maximum Gasteiger partial charge on any atom is 0.241 e. The van der Waals surface area contributed by atoms with Crippen LogP contribution in [0.3, 0.4) is 0 Å². The Kier molecular flexibility index (Phi) is 4.91. The first-order valence-electron chi connectivity index (χ1n) is 8.23. The number of nitrogens with zero attached hydrogens (tertiary/aromatic N) is 2. The average molecular weight is 322 g/mol. The summed E-state index contributed by atoms with van der Waals surface area (Å²) in [6, 6.07) is 16.8. The van der Waals surface area contributed by atoms with Crippen molar-refractivity contribution in [3.8, 4) is 0 Å². The summed E-state index contributed by atoms with van der Waals surface area (Å²) in [7, 11) is 0. The number of fused-ring (bicyclic) bond motifs is 1. The first-order chi connectivity index (χ1) is 11.7. The van der Waals surface area contributed by atoms with Gasteiger partial charge in [-0.3, -0.25) is 4.79 Å². The fourth-order valence-corrected chi connectivity index (χ4v) is 2.89. The number of amides is 1. The van der Waals surface area contributed by atoms with Crippen LogP contribution >= 0.6 is 0 Å². The Hall–Kier alpha value is -2.66. The van der Waals surface area contributed by atoms with Gasteiger partial charge in [-0.15, -0.1) is 0 Å². The standard InChI is InChI=1S/C19H22N4O/c1-2-23-16-11-7-6-10-15(16)22-17(23)12-13-21-19(24)18(20)14-8-4-3-5-9-14/h3-11,18H,2,12-13,20H2,1H3,(H,21,24). The van der Waals surface area contributed by atoms with E-state index in [4.69, 9.17) is 5.73 Å². The second-order valence-electron chi connectivity index (χ2n) is 5.69. The molecular formula is C19H22N4O. The summed E-state index contributed by atoms with van der Waals surface area (Å²) in [4.78, 5) is 16.9. The van der Waals surface area contributed by atoms with E-state index in [-0.39, 0.29) is 5.91 Å². The Labute approximate surface area is 141 Å². The van der Waals surface area contributed by atoms with Crippen molar-refractivity contribution >= 4 is 16.9 Å². The second kappa shape index (κ2) is 7.27. The summed E-state index contributed by atoms with van der Waals surface area (Å²) < 4.78 is 2.18. The van der Waals surface area contributed by atoms with Gasteiger partial charge in [0.2, 0.25) is 5.91 Å². The summed E-state index contributed by atoms with van der Waals surface area (Å²) in [6.45, 7) is 3.47. The van der Waals surface area contributed by atoms with Crippen molar-refractivity contribution in [1.29, 1.82) is 0 Å². The molecule has 2 aromatic carbocycles. The van der Waals surface area contributed by atoms with Gasteiger partial charge in [0.1, 0.15) is 11.9 Å². The molecule has 0 bridgehead atoms. The number of carbonyl (C=O) groups is 1. The monoisotopic (exact) mass is 322 g/mol. The van der Waals surface area contributed by atoms with Gasteiger partial charge in [-0.25, -0.2) is 4.98 Å². The summed E-state index contributed by atoms with van der Waals surface area (Å²) in [5, 5.41) is 2.91. The summed E-state index contributed by atoms with van der Waals surface area (Å²) in [5.41, 5.74) is 8.93. The van der Waals surface area contributed by atoms with Gasteiger partial charge in [0.05, 0.1) is 11.0 Å². The summed E-state index contributed by atoms with van der Waals surface area (Å²) in [5.74, 6) is 0.813. The van der Waals surface area contributed by atoms with Crippen LogP contribution in [-0.4, -0.2) is 22.0 Å². The average Bonchev–Trinajstić information content (AvgIpc) is 2.99. The van der Waals surface area contributed by atoms with Gasteiger partial charge in [-0.2, -0.15) is 0 Å². The topological polar surface area (TPSA) is 72.9 Å². The van der Waals surface area contributed by atoms with Crippen molar-refractivity contribution in [3.05, 3.63) is 66.0 Å². The van der Waals surface area contributed by atoms with E-state index in [0.717, 1.165) is 29.0 Å². The molecule has 0 fully saturated rings. The molecule has 0 aliphatic rings. The zero-order valence-corrected chi connectivity index (χ0v) is 13.8. The zero-order chi connectivity index (χ0) is 16.9. The molecule has 1 amide bonds. The molecule has 0 radical (unpaired) electrons. The first-order valence-corrected chi connectivity index (χ1v) is 8.23. The van der Waals surface area contributed by atoms with E-state index in [9.17, 15) is 4.79 Å². The Balaban J connectivity index is 1.63. The highest BCUT2D eigenvalue weighted by Crippen LogP contribution is 2.16. The van der Waals surface area contributed by atoms with Crippen LogP contribution in [0, 0.1) is 0 Å². The van der Waals surface area contributed by atoms with Crippen LogP contribution in [0.1, 0.15) is 24.4 Å². The Morgan fingerprint density at radius 3 is 2.62 bits per heavy atom. The van der Waals surface area contributed by atoms with E-state index >= 15 is 0 Å². The van der Waals surface area contributed by atoms with Gasteiger partial charge < -0.3 is 15.6 Å². The molecule has 0 aliphatic carbocycles. The number of imidazole rings is 1. The van der Waals surface area contributed by atoms with Gasteiger partial charge in [0.15, 0.2) is 0 Å². The smallest absolute Gasteiger partial charge is 0.241 e. The number of hydrogen-bond donors (Lipinski definition) is 2. The van der Waals surface area contributed by atoms with E-state index in [1.165, 1.54) is 0 Å². The Bertz CT molecular complexity index is 826. The number of aryl methyl sites for hydroxylation is 1. The number of aromatic nitrogens is 2. The van der Waals surface area contributed by atoms with Crippen LogP contribution in [0.2, 0.25) is 0 Å². The fraction of sp³-hybridized carbons (Fsp3) is 0.263. The number of nitrogens with one attached hydrogen (secondary N) is 1. The van der Waals surface area contributed by atoms with Crippen LogP contribution in [0.5, 0.6) is 0 Å². The molecule has 1 unspecified atom stereocenters. The second-order valence-corrected chi connectivity index (χ2v) is 5.69. The van der Waals surface area contributed by atoms with E-state index in [2.05, 4.69) is 27.9 Å². The third-order valence-electron chi connectivity index (χ3n) is 4.14. The maximum absolute atomic E-state index is 12.2. The molecule has 3 rings (SSSR count). The molecule has 3 aromatic rings. The van der Waals surface area contributed by atoms with Crippen LogP contribution in [0.15, 0.2) is 54.6 Å². The number of benzene rings is 2. The van der Waals surface area contributed by atoms with Crippen LogP contribution < -0.4 is 11.1 Å². The largest absolute Gasteiger partial charge is 0.354 e. The Morgan fingerprint density at radius 1 is 1.17 bits per heavy atom. The SMILES string of the molecule is CCn1c(CCNC(=O)C(N)c2ccccc2)nc2ccccc21. The molecule has 5 heteroatoms. The zero-order valence-electron chi connectivity index (χ0n) is 13.8. The Morgan fingerprint density at radius 2 is 1.88 bits per heavy atom. The van der Waals surface area contributed by atoms with Crippen molar-refractivity contribution in [2.75, 3.05) is 6.54 Å². The van der Waals surface area contributed by atoms with Crippen molar-refractivity contribution < 1.29 is 4.79 Å². The molecular weight excluding hydrogens is 300 g/mol. The minimum absolute atomic E-state index is 0.166. The highest BCUT2D eigenvalue weighted by Gasteiger charge is 2.15. The normalized spacial score (nSPS) is 12.2. The number of rotatable bonds is 6. The highest BCUT2D eigenvalue weighted by atomic mass is 16.2. The van der Waals surface area contributed by atoms with Crippen molar-refractivity contribution in [3.63, 3.8) is 0 Å². The van der Waals surface area contributed by atoms with Gasteiger partial charge in [0.25, 0.3) is 0 Å². The number of nitrogens with two attached hydrogens (primary N) is 1. The molecule has 1 aromatic heterocycles. The predicted octanol–water partition coefficient (Wildman–Crippen LogP) is 2.41. The predicted molar refractivity (Wildman–Crippen MR) is 95.5 cm³/mol. The molecule has 1 atom stereocenters. The summed E-state index contributed by atoms with van der Waals surface area (Å²) >= 11 is 0. The molecule has 0 saturated carbocycles. The molecule has 1 heterocycles. The van der Waals surface area contributed by atoms with E-state index in [1.807, 2.05) is 48.5 Å². The van der Waals surface area contributed by atoms with Crippen LogP contribution in [-0.2, 0) is 17.8 Å². The van der Waals surface area contributed by atoms with Gasteiger partial charge >= 0.3 is 0 Å². The van der Waals surface area contributed by atoms with E-state index in [1.54, 1.807) is 0 Å². The third-order valence-corrected chi connectivity index (χ3v) is 4.14. The van der Waals surface area contributed by atoms with Gasteiger partial charge in [-0.05, 0) is 24.6 Å². The lowest BCUT2D eigenvalue weighted by atomic mass is 10.1. The maximum atomic E-state index is 12.2. The molecule has 5 nitrogen and oxygen atoms in total. The molecule has 0 spiro atoms. The summed E-state index contributed by atoms with van der Waals surface area (Å²) in [6.07, 6.45) is 0.676. The number of carbonyl (C=O) groups excluding carboxylic acids is 1. The first kappa shape index (κ1) is 16.2. The van der Waals surface area contributed by atoms with E-state index in [0.29, 0.717) is 13.0 Å². The minimum atomic E-state index is -0.642. The minimum Gasteiger partial charge on any atom is -0.354 e. The van der Waals surface area contributed by atoms with Crippen molar-refractivity contribution in [2.24, 2.45) is 5.73 Å². The lowest BCUT2D eigenvalue weighted by Gasteiger charge is -2.12. The lowest BCUT2D eigenvalue weighted by molar-refractivity contribution is -0.122. The molecule has 0 aliphatic heterocycles. The van der Waals surface area contributed by atoms with Crippen molar-refractivity contribution in [1.82, 2.24) is 14.9 Å².